The van der Waals surface area contributed by atoms with Crippen molar-refractivity contribution in [2.75, 3.05) is 18.5 Å². The topological polar surface area (TPSA) is 23.5 Å². The quantitative estimate of drug-likeness (QED) is 0.906. The number of hydrogen-bond acceptors (Lipinski definition) is 2. The first kappa shape index (κ1) is 14.2. The smallest absolute Gasteiger partial charge is 0.104 e. The van der Waals surface area contributed by atoms with Crippen molar-refractivity contribution in [1.29, 1.82) is 0 Å². The summed E-state index contributed by atoms with van der Waals surface area (Å²) in [6.07, 6.45) is 1.75. The van der Waals surface area contributed by atoms with E-state index >= 15 is 0 Å². The zero-order valence-electron chi connectivity index (χ0n) is 13.1. The molecule has 1 atom stereocenters. The van der Waals surface area contributed by atoms with E-state index in [9.17, 15) is 5.11 Å². The highest BCUT2D eigenvalue weighted by atomic mass is 16.3. The summed E-state index contributed by atoms with van der Waals surface area (Å²) in [6, 6.07) is 12.6. The molecule has 0 amide bonds. The third-order valence-electron chi connectivity index (χ3n) is 4.49. The molecule has 0 saturated heterocycles. The van der Waals surface area contributed by atoms with Crippen molar-refractivity contribution in [3.8, 4) is 0 Å². The van der Waals surface area contributed by atoms with Crippen LogP contribution in [-0.2, 0) is 6.42 Å². The average Bonchev–Trinajstić information content (AvgIpc) is 2.46. The molecule has 2 aromatic carbocycles. The van der Waals surface area contributed by atoms with Gasteiger partial charge in [-0.15, -0.1) is 0 Å². The molecule has 2 aromatic rings. The van der Waals surface area contributed by atoms with Gasteiger partial charge < -0.3 is 10.0 Å². The van der Waals surface area contributed by atoms with E-state index in [0.717, 1.165) is 29.7 Å². The van der Waals surface area contributed by atoms with Crippen molar-refractivity contribution in [2.24, 2.45) is 0 Å². The maximum atomic E-state index is 10.7. The van der Waals surface area contributed by atoms with Crippen molar-refractivity contribution in [3.05, 3.63) is 64.2 Å². The van der Waals surface area contributed by atoms with Gasteiger partial charge in [-0.25, -0.2) is 0 Å². The standard InChI is InChI=1S/C19H23NO/c1-13-6-8-17(14(2)11-13)19(21)16-7-9-18-15(12-16)5-4-10-20(18)3/h6-9,11-12,19,21H,4-5,10H2,1-3H3. The molecule has 1 aliphatic rings. The van der Waals surface area contributed by atoms with Gasteiger partial charge in [0, 0.05) is 19.3 Å². The van der Waals surface area contributed by atoms with Crippen LogP contribution < -0.4 is 4.90 Å². The fourth-order valence-corrected chi connectivity index (χ4v) is 3.29. The number of fused-ring (bicyclic) bond motifs is 1. The maximum absolute atomic E-state index is 10.7. The Hall–Kier alpha value is -1.80. The Labute approximate surface area is 127 Å². The Kier molecular flexibility index (Phi) is 3.73. The third kappa shape index (κ3) is 2.68. The molecule has 1 unspecified atom stereocenters. The van der Waals surface area contributed by atoms with Crippen molar-refractivity contribution >= 4 is 5.69 Å². The molecule has 1 heterocycles. The fourth-order valence-electron chi connectivity index (χ4n) is 3.29. The summed E-state index contributed by atoms with van der Waals surface area (Å²) in [5, 5.41) is 10.7. The Morgan fingerprint density at radius 1 is 1.10 bits per heavy atom. The minimum atomic E-state index is -0.539. The lowest BCUT2D eigenvalue weighted by atomic mass is 9.92. The lowest BCUT2D eigenvalue weighted by Gasteiger charge is -2.28. The van der Waals surface area contributed by atoms with E-state index in [1.165, 1.54) is 23.2 Å². The zero-order chi connectivity index (χ0) is 15.0. The van der Waals surface area contributed by atoms with Gasteiger partial charge in [-0.2, -0.15) is 0 Å². The molecule has 0 radical (unpaired) electrons. The van der Waals surface area contributed by atoms with Crippen LogP contribution in [0, 0.1) is 13.8 Å². The minimum Gasteiger partial charge on any atom is -0.384 e. The van der Waals surface area contributed by atoms with Crippen LogP contribution in [0.4, 0.5) is 5.69 Å². The molecule has 0 bridgehead atoms. The van der Waals surface area contributed by atoms with Gasteiger partial charge in [-0.1, -0.05) is 35.9 Å². The van der Waals surface area contributed by atoms with Gasteiger partial charge in [-0.3, -0.25) is 0 Å². The number of aryl methyl sites for hydroxylation is 3. The van der Waals surface area contributed by atoms with Crippen molar-refractivity contribution in [3.63, 3.8) is 0 Å². The van der Waals surface area contributed by atoms with Crippen LogP contribution in [0.2, 0.25) is 0 Å². The SMILES string of the molecule is Cc1ccc(C(O)c2ccc3c(c2)CCCN3C)c(C)c1. The second-order valence-electron chi connectivity index (χ2n) is 6.18. The molecule has 2 heteroatoms. The molecule has 0 aromatic heterocycles. The molecular formula is C19H23NO. The molecule has 0 spiro atoms. The molecule has 110 valence electrons. The normalized spacial score (nSPS) is 15.7. The van der Waals surface area contributed by atoms with E-state index in [0.29, 0.717) is 0 Å². The molecule has 3 rings (SSSR count). The minimum absolute atomic E-state index is 0.539. The monoisotopic (exact) mass is 281 g/mol. The average molecular weight is 281 g/mol. The van der Waals surface area contributed by atoms with Gasteiger partial charge >= 0.3 is 0 Å². The van der Waals surface area contributed by atoms with E-state index in [-0.39, 0.29) is 0 Å². The molecule has 1 aliphatic heterocycles. The lowest BCUT2D eigenvalue weighted by Crippen LogP contribution is -2.24. The molecule has 0 fully saturated rings. The van der Waals surface area contributed by atoms with Crippen LogP contribution in [0.3, 0.4) is 0 Å². The largest absolute Gasteiger partial charge is 0.384 e. The highest BCUT2D eigenvalue weighted by Crippen LogP contribution is 2.32. The number of aliphatic hydroxyl groups excluding tert-OH is 1. The summed E-state index contributed by atoms with van der Waals surface area (Å²) < 4.78 is 0. The molecular weight excluding hydrogens is 258 g/mol. The van der Waals surface area contributed by atoms with Crippen molar-refractivity contribution in [2.45, 2.75) is 32.8 Å². The van der Waals surface area contributed by atoms with Gasteiger partial charge in [0.2, 0.25) is 0 Å². The predicted octanol–water partition coefficient (Wildman–Crippen LogP) is 3.77. The van der Waals surface area contributed by atoms with Crippen molar-refractivity contribution < 1.29 is 5.11 Å². The summed E-state index contributed by atoms with van der Waals surface area (Å²) in [7, 11) is 2.14. The Balaban J connectivity index is 1.96. The summed E-state index contributed by atoms with van der Waals surface area (Å²) >= 11 is 0. The molecule has 1 N–H and O–H groups in total. The second kappa shape index (κ2) is 5.53. The number of hydrogen-bond donors (Lipinski definition) is 1. The van der Waals surface area contributed by atoms with E-state index in [4.69, 9.17) is 0 Å². The fraction of sp³-hybridized carbons (Fsp3) is 0.368. The van der Waals surface area contributed by atoms with E-state index in [1.54, 1.807) is 0 Å². The summed E-state index contributed by atoms with van der Waals surface area (Å²) in [6.45, 7) is 5.27. The number of anilines is 1. The molecule has 0 saturated carbocycles. The van der Waals surface area contributed by atoms with Crippen LogP contribution in [0.25, 0.3) is 0 Å². The number of rotatable bonds is 2. The van der Waals surface area contributed by atoms with Gasteiger partial charge in [0.1, 0.15) is 6.10 Å². The first-order valence-electron chi connectivity index (χ1n) is 7.65. The first-order chi connectivity index (χ1) is 10.1. The maximum Gasteiger partial charge on any atom is 0.104 e. The molecule has 21 heavy (non-hydrogen) atoms. The Morgan fingerprint density at radius 3 is 2.67 bits per heavy atom. The van der Waals surface area contributed by atoms with Gasteiger partial charge in [0.25, 0.3) is 0 Å². The van der Waals surface area contributed by atoms with Crippen LogP contribution in [-0.4, -0.2) is 18.7 Å². The highest BCUT2D eigenvalue weighted by molar-refractivity contribution is 5.57. The number of nitrogens with zero attached hydrogens (tertiary/aromatic N) is 1. The lowest BCUT2D eigenvalue weighted by molar-refractivity contribution is 0.219. The van der Waals surface area contributed by atoms with E-state index < -0.39 is 6.10 Å². The van der Waals surface area contributed by atoms with Crippen LogP contribution >= 0.6 is 0 Å². The Morgan fingerprint density at radius 2 is 1.90 bits per heavy atom. The molecule has 0 aliphatic carbocycles. The van der Waals surface area contributed by atoms with Gasteiger partial charge in [0.05, 0.1) is 0 Å². The number of aliphatic hydroxyl groups is 1. The van der Waals surface area contributed by atoms with Crippen LogP contribution in [0.1, 0.15) is 40.3 Å². The predicted molar refractivity (Wildman–Crippen MR) is 88.0 cm³/mol. The summed E-state index contributed by atoms with van der Waals surface area (Å²) in [5.74, 6) is 0. The van der Waals surface area contributed by atoms with Gasteiger partial charge in [-0.05, 0) is 55.0 Å². The van der Waals surface area contributed by atoms with Crippen LogP contribution in [0.15, 0.2) is 36.4 Å². The third-order valence-corrected chi connectivity index (χ3v) is 4.49. The van der Waals surface area contributed by atoms with E-state index in [1.807, 2.05) is 6.07 Å². The first-order valence-corrected chi connectivity index (χ1v) is 7.65. The van der Waals surface area contributed by atoms with E-state index in [2.05, 4.69) is 56.1 Å². The summed E-state index contributed by atoms with van der Waals surface area (Å²) in [5.41, 5.74) is 7.04. The van der Waals surface area contributed by atoms with Crippen LogP contribution in [0.5, 0.6) is 0 Å². The summed E-state index contributed by atoms with van der Waals surface area (Å²) in [4.78, 5) is 2.30. The van der Waals surface area contributed by atoms with Crippen molar-refractivity contribution in [1.82, 2.24) is 0 Å². The Bertz CT molecular complexity index is 663. The molecule has 2 nitrogen and oxygen atoms in total. The second-order valence-corrected chi connectivity index (χ2v) is 6.18. The zero-order valence-corrected chi connectivity index (χ0v) is 13.1. The number of benzene rings is 2. The van der Waals surface area contributed by atoms with Gasteiger partial charge in [0.15, 0.2) is 0 Å². The highest BCUT2D eigenvalue weighted by Gasteiger charge is 2.18.